The molecule has 0 aromatic carbocycles. The van der Waals surface area contributed by atoms with Crippen molar-refractivity contribution in [3.05, 3.63) is 36.9 Å². The van der Waals surface area contributed by atoms with Gasteiger partial charge in [-0.05, 0) is 19.1 Å². The Morgan fingerprint density at radius 3 is 2.95 bits per heavy atom. The van der Waals surface area contributed by atoms with E-state index in [1.165, 1.54) is 6.33 Å². The summed E-state index contributed by atoms with van der Waals surface area (Å²) in [5, 5.41) is 0. The molecule has 0 N–H and O–H groups in total. The fraction of sp³-hybridized carbons (Fsp3) is 0.400. The predicted octanol–water partition coefficient (Wildman–Crippen LogP) is 1.93. The van der Waals surface area contributed by atoms with Crippen molar-refractivity contribution in [2.24, 2.45) is 0 Å². The summed E-state index contributed by atoms with van der Waals surface area (Å²) >= 11 is 0. The highest BCUT2D eigenvalue weighted by Gasteiger charge is 2.25. The molecule has 0 spiro atoms. The molecule has 2 aromatic heterocycles. The molecule has 1 atom stereocenters. The zero-order valence-corrected chi connectivity index (χ0v) is 12.0. The van der Waals surface area contributed by atoms with Gasteiger partial charge in [0, 0.05) is 31.4 Å². The smallest absolute Gasteiger partial charge is 0.218 e. The quantitative estimate of drug-likeness (QED) is 0.837. The van der Waals surface area contributed by atoms with Crippen molar-refractivity contribution in [1.82, 2.24) is 15.0 Å². The highest BCUT2D eigenvalue weighted by atomic mass is 16.5. The summed E-state index contributed by atoms with van der Waals surface area (Å²) in [6.07, 6.45) is 6.15. The minimum Gasteiger partial charge on any atom is -0.488 e. The Balaban J connectivity index is 1.63. The van der Waals surface area contributed by atoms with E-state index in [0.717, 1.165) is 31.1 Å². The van der Waals surface area contributed by atoms with Gasteiger partial charge in [0.2, 0.25) is 5.88 Å². The number of hydrogen-bond donors (Lipinski definition) is 0. The Bertz CT molecular complexity index is 579. The predicted molar refractivity (Wildman–Crippen MR) is 78.7 cm³/mol. The van der Waals surface area contributed by atoms with E-state index in [2.05, 4.69) is 19.9 Å². The first-order valence-electron chi connectivity index (χ1n) is 7.11. The Morgan fingerprint density at radius 1 is 1.29 bits per heavy atom. The molecule has 0 saturated carbocycles. The lowest BCUT2D eigenvalue weighted by Gasteiger charge is -2.18. The topological polar surface area (TPSA) is 60.4 Å². The summed E-state index contributed by atoms with van der Waals surface area (Å²) in [4.78, 5) is 14.6. The Labute approximate surface area is 123 Å². The average Bonchev–Trinajstić information content (AvgIpc) is 2.97. The zero-order chi connectivity index (χ0) is 14.5. The second-order valence-corrected chi connectivity index (χ2v) is 4.80. The van der Waals surface area contributed by atoms with Crippen molar-refractivity contribution < 1.29 is 9.47 Å². The first-order chi connectivity index (χ1) is 10.3. The summed E-state index contributed by atoms with van der Waals surface area (Å²) in [7, 11) is 0. The molecule has 110 valence electrons. The van der Waals surface area contributed by atoms with Gasteiger partial charge in [0.1, 0.15) is 24.0 Å². The van der Waals surface area contributed by atoms with E-state index in [4.69, 9.17) is 9.47 Å². The maximum absolute atomic E-state index is 5.95. The molecule has 1 aliphatic rings. The molecule has 0 aliphatic carbocycles. The van der Waals surface area contributed by atoms with E-state index < -0.39 is 0 Å². The van der Waals surface area contributed by atoms with Gasteiger partial charge in [-0.2, -0.15) is 0 Å². The van der Waals surface area contributed by atoms with Crippen molar-refractivity contribution in [2.45, 2.75) is 19.4 Å². The molecular weight excluding hydrogens is 268 g/mol. The number of aromatic nitrogens is 3. The molecule has 3 rings (SSSR count). The van der Waals surface area contributed by atoms with E-state index in [9.17, 15) is 0 Å². The lowest BCUT2D eigenvalue weighted by molar-refractivity contribution is 0.224. The van der Waals surface area contributed by atoms with Gasteiger partial charge in [-0.15, -0.1) is 0 Å². The number of pyridine rings is 1. The molecule has 1 aliphatic heterocycles. The summed E-state index contributed by atoms with van der Waals surface area (Å²) < 4.78 is 11.4. The fourth-order valence-electron chi connectivity index (χ4n) is 2.37. The molecule has 0 amide bonds. The van der Waals surface area contributed by atoms with Gasteiger partial charge in [-0.3, -0.25) is 4.98 Å². The lowest BCUT2D eigenvalue weighted by atomic mass is 10.3. The normalized spacial score (nSPS) is 17.8. The molecule has 0 radical (unpaired) electrons. The molecule has 2 aromatic rings. The Kier molecular flexibility index (Phi) is 4.14. The number of nitrogens with zero attached hydrogens (tertiary/aromatic N) is 4. The third kappa shape index (κ3) is 3.39. The first-order valence-corrected chi connectivity index (χ1v) is 7.11. The Hall–Kier alpha value is -2.37. The number of rotatable bonds is 5. The van der Waals surface area contributed by atoms with Gasteiger partial charge in [0.25, 0.3) is 0 Å². The van der Waals surface area contributed by atoms with Crippen molar-refractivity contribution in [2.75, 3.05) is 24.6 Å². The van der Waals surface area contributed by atoms with E-state index in [0.29, 0.717) is 12.5 Å². The summed E-state index contributed by atoms with van der Waals surface area (Å²) in [5.74, 6) is 2.35. The summed E-state index contributed by atoms with van der Waals surface area (Å²) in [5.41, 5.74) is 0. The van der Waals surface area contributed by atoms with E-state index in [-0.39, 0.29) is 6.10 Å². The van der Waals surface area contributed by atoms with Crippen LogP contribution in [0.15, 0.2) is 36.9 Å². The van der Waals surface area contributed by atoms with Crippen molar-refractivity contribution in [3.63, 3.8) is 0 Å². The van der Waals surface area contributed by atoms with Crippen molar-refractivity contribution >= 4 is 5.82 Å². The number of hydrogen-bond acceptors (Lipinski definition) is 6. The third-order valence-electron chi connectivity index (χ3n) is 3.34. The summed E-state index contributed by atoms with van der Waals surface area (Å²) in [6, 6.07) is 5.62. The maximum atomic E-state index is 5.95. The van der Waals surface area contributed by atoms with Crippen LogP contribution in [0.3, 0.4) is 0 Å². The molecule has 0 bridgehead atoms. The van der Waals surface area contributed by atoms with Crippen LogP contribution in [0.4, 0.5) is 5.82 Å². The van der Waals surface area contributed by atoms with E-state index >= 15 is 0 Å². The van der Waals surface area contributed by atoms with Gasteiger partial charge in [-0.1, -0.05) is 0 Å². The van der Waals surface area contributed by atoms with Crippen LogP contribution in [0.5, 0.6) is 11.6 Å². The minimum atomic E-state index is 0.165. The van der Waals surface area contributed by atoms with Crippen LogP contribution in [0.2, 0.25) is 0 Å². The minimum absolute atomic E-state index is 0.165. The van der Waals surface area contributed by atoms with Crippen LogP contribution in [0.1, 0.15) is 13.3 Å². The first kappa shape index (κ1) is 13.6. The van der Waals surface area contributed by atoms with Gasteiger partial charge in [0.05, 0.1) is 13.2 Å². The second kappa shape index (κ2) is 6.39. The average molecular weight is 286 g/mol. The van der Waals surface area contributed by atoms with E-state index in [1.54, 1.807) is 12.4 Å². The summed E-state index contributed by atoms with van der Waals surface area (Å²) in [6.45, 7) is 4.27. The monoisotopic (exact) mass is 286 g/mol. The molecule has 1 fully saturated rings. The van der Waals surface area contributed by atoms with Crippen LogP contribution in [-0.2, 0) is 0 Å². The van der Waals surface area contributed by atoms with Gasteiger partial charge in [0.15, 0.2) is 0 Å². The third-order valence-corrected chi connectivity index (χ3v) is 3.34. The van der Waals surface area contributed by atoms with Crippen LogP contribution in [0.25, 0.3) is 0 Å². The van der Waals surface area contributed by atoms with Gasteiger partial charge < -0.3 is 14.4 Å². The lowest BCUT2D eigenvalue weighted by Crippen LogP contribution is -2.25. The van der Waals surface area contributed by atoms with Crippen LogP contribution in [-0.4, -0.2) is 40.8 Å². The van der Waals surface area contributed by atoms with Crippen LogP contribution >= 0.6 is 0 Å². The van der Waals surface area contributed by atoms with Gasteiger partial charge >= 0.3 is 0 Å². The SMILES string of the molecule is CCOc1cc(N2CC[C@H](Oc3ccncc3)C2)ncn1. The maximum Gasteiger partial charge on any atom is 0.218 e. The molecule has 1 saturated heterocycles. The standard InChI is InChI=1S/C15H18N4O2/c1-2-20-15-9-14(17-11-18-15)19-8-5-13(10-19)21-12-3-6-16-7-4-12/h3-4,6-7,9,11,13H,2,5,8,10H2,1H3/t13-/m0/s1. The largest absolute Gasteiger partial charge is 0.488 e. The highest BCUT2D eigenvalue weighted by molar-refractivity contribution is 5.42. The molecule has 6 nitrogen and oxygen atoms in total. The van der Waals surface area contributed by atoms with Gasteiger partial charge in [-0.25, -0.2) is 9.97 Å². The van der Waals surface area contributed by atoms with Crippen LogP contribution < -0.4 is 14.4 Å². The van der Waals surface area contributed by atoms with Crippen LogP contribution in [0, 0.1) is 0 Å². The zero-order valence-electron chi connectivity index (χ0n) is 12.0. The van der Waals surface area contributed by atoms with E-state index in [1.807, 2.05) is 25.1 Å². The molecular formula is C15H18N4O2. The van der Waals surface area contributed by atoms with Crippen molar-refractivity contribution in [3.8, 4) is 11.6 Å². The number of ether oxygens (including phenoxy) is 2. The highest BCUT2D eigenvalue weighted by Crippen LogP contribution is 2.23. The van der Waals surface area contributed by atoms with Crippen molar-refractivity contribution in [1.29, 1.82) is 0 Å². The molecule has 3 heterocycles. The Morgan fingerprint density at radius 2 is 2.14 bits per heavy atom. The fourth-order valence-corrected chi connectivity index (χ4v) is 2.37. The molecule has 6 heteroatoms. The number of anilines is 1. The molecule has 0 unspecified atom stereocenters. The second-order valence-electron chi connectivity index (χ2n) is 4.80. The molecule has 21 heavy (non-hydrogen) atoms.